The molecule has 0 spiro atoms. The maximum atomic E-state index is 12.7. The molecule has 1 aromatic rings. The van der Waals surface area contributed by atoms with E-state index in [2.05, 4.69) is 4.98 Å². The lowest BCUT2D eigenvalue weighted by Crippen LogP contribution is -2.39. The molecule has 1 aromatic heterocycles. The Morgan fingerprint density at radius 2 is 2.05 bits per heavy atom. The summed E-state index contributed by atoms with van der Waals surface area (Å²) in [4.78, 5) is 18.7. The number of likely N-dealkylation sites (tertiary alicyclic amines) is 1. The van der Waals surface area contributed by atoms with Gasteiger partial charge in [-0.1, -0.05) is 24.4 Å². The second-order valence-electron chi connectivity index (χ2n) is 5.84. The highest BCUT2D eigenvalue weighted by Gasteiger charge is 2.36. The van der Waals surface area contributed by atoms with E-state index >= 15 is 0 Å². The maximum Gasteiger partial charge on any atom is 0.255 e. The van der Waals surface area contributed by atoms with Crippen LogP contribution in [0.4, 0.5) is 5.82 Å². The number of pyridine rings is 1. The number of carbonyl (C=O) groups is 1. The number of anilines is 1. The minimum atomic E-state index is 0.0498. The number of amides is 1. The molecule has 1 unspecified atom stereocenters. The number of nitrogens with two attached hydrogens (primary N) is 1. The minimum absolute atomic E-state index is 0.0498. The van der Waals surface area contributed by atoms with Gasteiger partial charge in [-0.15, -0.1) is 0 Å². The van der Waals surface area contributed by atoms with Crippen LogP contribution in [-0.4, -0.2) is 28.4 Å². The molecule has 1 atom stereocenters. The van der Waals surface area contributed by atoms with Crippen molar-refractivity contribution in [3.8, 4) is 0 Å². The van der Waals surface area contributed by atoms with Crippen molar-refractivity contribution in [3.05, 3.63) is 22.8 Å². The number of rotatable bonds is 2. The highest BCUT2D eigenvalue weighted by atomic mass is 35.5. The molecule has 2 fully saturated rings. The van der Waals surface area contributed by atoms with E-state index in [1.807, 2.05) is 4.90 Å². The van der Waals surface area contributed by atoms with Gasteiger partial charge in [0.05, 0.1) is 10.6 Å². The van der Waals surface area contributed by atoms with E-state index in [0.717, 1.165) is 19.4 Å². The van der Waals surface area contributed by atoms with Crippen molar-refractivity contribution in [1.29, 1.82) is 0 Å². The van der Waals surface area contributed by atoms with Gasteiger partial charge in [0, 0.05) is 18.8 Å². The van der Waals surface area contributed by atoms with Gasteiger partial charge in [-0.2, -0.15) is 0 Å². The molecule has 3 rings (SSSR count). The number of halogens is 1. The molecule has 1 aliphatic heterocycles. The molecule has 0 aromatic carbocycles. The van der Waals surface area contributed by atoms with Crippen molar-refractivity contribution in [1.82, 2.24) is 9.88 Å². The van der Waals surface area contributed by atoms with Gasteiger partial charge >= 0.3 is 0 Å². The number of nitrogens with zero attached hydrogens (tertiary/aromatic N) is 2. The summed E-state index contributed by atoms with van der Waals surface area (Å²) in [6.45, 7) is 0.849. The first kappa shape index (κ1) is 13.7. The van der Waals surface area contributed by atoms with Crippen molar-refractivity contribution < 1.29 is 4.79 Å². The fourth-order valence-corrected chi connectivity index (χ4v) is 3.77. The van der Waals surface area contributed by atoms with Crippen LogP contribution in [-0.2, 0) is 0 Å². The first-order chi connectivity index (χ1) is 9.66. The van der Waals surface area contributed by atoms with E-state index in [1.54, 1.807) is 6.07 Å². The van der Waals surface area contributed by atoms with E-state index < -0.39 is 0 Å². The van der Waals surface area contributed by atoms with Crippen molar-refractivity contribution in [3.63, 3.8) is 0 Å². The first-order valence-electron chi connectivity index (χ1n) is 7.39. The summed E-state index contributed by atoms with van der Waals surface area (Å²) in [6, 6.07) is 2.04. The Kier molecular flexibility index (Phi) is 3.83. The molecular weight excluding hydrogens is 274 g/mol. The molecule has 4 nitrogen and oxygen atoms in total. The van der Waals surface area contributed by atoms with Crippen LogP contribution in [0.2, 0.25) is 5.02 Å². The molecule has 0 bridgehead atoms. The van der Waals surface area contributed by atoms with E-state index in [1.165, 1.54) is 31.9 Å². The largest absolute Gasteiger partial charge is 0.382 e. The molecule has 108 valence electrons. The van der Waals surface area contributed by atoms with Crippen LogP contribution in [0.5, 0.6) is 0 Å². The fourth-order valence-electron chi connectivity index (χ4n) is 3.61. The van der Waals surface area contributed by atoms with E-state index in [9.17, 15) is 4.79 Å². The van der Waals surface area contributed by atoms with Gasteiger partial charge in [0.2, 0.25) is 0 Å². The second kappa shape index (κ2) is 5.60. The summed E-state index contributed by atoms with van der Waals surface area (Å²) in [7, 11) is 0. The van der Waals surface area contributed by atoms with Crippen LogP contribution in [0.1, 0.15) is 48.9 Å². The molecule has 2 aliphatic rings. The SMILES string of the molecule is Nc1ncc(C(=O)N2CCCC2C2CCCC2)cc1Cl. The zero-order valence-electron chi connectivity index (χ0n) is 11.5. The molecule has 5 heteroatoms. The summed E-state index contributed by atoms with van der Waals surface area (Å²) in [5.74, 6) is 1.00. The smallest absolute Gasteiger partial charge is 0.255 e. The highest BCUT2D eigenvalue weighted by molar-refractivity contribution is 6.33. The molecule has 1 saturated heterocycles. The number of hydrogen-bond donors (Lipinski definition) is 1. The zero-order valence-corrected chi connectivity index (χ0v) is 12.3. The Labute approximate surface area is 124 Å². The quantitative estimate of drug-likeness (QED) is 0.911. The van der Waals surface area contributed by atoms with Gasteiger partial charge in [0.1, 0.15) is 5.82 Å². The summed E-state index contributed by atoms with van der Waals surface area (Å²) < 4.78 is 0. The average molecular weight is 294 g/mol. The van der Waals surface area contributed by atoms with Gasteiger partial charge in [-0.25, -0.2) is 4.98 Å². The van der Waals surface area contributed by atoms with E-state index in [0.29, 0.717) is 22.5 Å². The van der Waals surface area contributed by atoms with Crippen LogP contribution in [0.25, 0.3) is 0 Å². The summed E-state index contributed by atoms with van der Waals surface area (Å²) in [6.07, 6.45) is 8.89. The fraction of sp³-hybridized carbons (Fsp3) is 0.600. The third-order valence-electron chi connectivity index (χ3n) is 4.62. The van der Waals surface area contributed by atoms with Crippen LogP contribution in [0.15, 0.2) is 12.3 Å². The third-order valence-corrected chi connectivity index (χ3v) is 4.92. The highest BCUT2D eigenvalue weighted by Crippen LogP contribution is 2.36. The molecule has 1 aliphatic carbocycles. The Bertz CT molecular complexity index is 514. The van der Waals surface area contributed by atoms with Crippen LogP contribution in [0, 0.1) is 5.92 Å². The van der Waals surface area contributed by atoms with Gasteiger partial charge in [-0.05, 0) is 37.7 Å². The van der Waals surface area contributed by atoms with Gasteiger partial charge in [-0.3, -0.25) is 4.79 Å². The predicted molar refractivity (Wildman–Crippen MR) is 79.7 cm³/mol. The summed E-state index contributed by atoms with van der Waals surface area (Å²) in [5, 5.41) is 0.354. The molecular formula is C15H20ClN3O. The number of nitrogen functional groups attached to an aromatic ring is 1. The standard InChI is InChI=1S/C15H20ClN3O/c16-12-8-11(9-18-14(12)17)15(20)19-7-3-6-13(19)10-4-1-2-5-10/h8-10,13H,1-7H2,(H2,17,18). The van der Waals surface area contributed by atoms with Crippen molar-refractivity contribution in [2.45, 2.75) is 44.6 Å². The lowest BCUT2D eigenvalue weighted by Gasteiger charge is -2.29. The van der Waals surface area contributed by atoms with Crippen molar-refractivity contribution in [2.24, 2.45) is 5.92 Å². The molecule has 2 N–H and O–H groups in total. The van der Waals surface area contributed by atoms with Crippen LogP contribution < -0.4 is 5.73 Å². The topological polar surface area (TPSA) is 59.2 Å². The third kappa shape index (κ3) is 2.49. The van der Waals surface area contributed by atoms with Crippen LogP contribution >= 0.6 is 11.6 Å². The molecule has 20 heavy (non-hydrogen) atoms. The summed E-state index contributed by atoms with van der Waals surface area (Å²) in [5.41, 5.74) is 6.15. The van der Waals surface area contributed by atoms with Crippen LogP contribution in [0.3, 0.4) is 0 Å². The number of carbonyl (C=O) groups excluding carboxylic acids is 1. The van der Waals surface area contributed by atoms with Gasteiger partial charge in [0.15, 0.2) is 0 Å². The molecule has 2 heterocycles. The second-order valence-corrected chi connectivity index (χ2v) is 6.25. The Balaban J connectivity index is 1.79. The predicted octanol–water partition coefficient (Wildman–Crippen LogP) is 3.11. The zero-order chi connectivity index (χ0) is 14.1. The molecule has 1 amide bonds. The Hall–Kier alpha value is -1.29. The van der Waals surface area contributed by atoms with Crippen molar-refractivity contribution >= 4 is 23.3 Å². The maximum absolute atomic E-state index is 12.7. The Morgan fingerprint density at radius 3 is 2.75 bits per heavy atom. The van der Waals surface area contributed by atoms with Crippen molar-refractivity contribution in [2.75, 3.05) is 12.3 Å². The Morgan fingerprint density at radius 1 is 1.30 bits per heavy atom. The first-order valence-corrected chi connectivity index (χ1v) is 7.76. The van der Waals surface area contributed by atoms with E-state index in [4.69, 9.17) is 17.3 Å². The monoisotopic (exact) mass is 293 g/mol. The normalized spacial score (nSPS) is 23.4. The lowest BCUT2D eigenvalue weighted by molar-refractivity contribution is 0.0688. The molecule has 1 saturated carbocycles. The lowest BCUT2D eigenvalue weighted by atomic mass is 9.95. The number of aromatic nitrogens is 1. The summed E-state index contributed by atoms with van der Waals surface area (Å²) >= 11 is 5.97. The number of hydrogen-bond acceptors (Lipinski definition) is 3. The average Bonchev–Trinajstić information content (AvgIpc) is 3.10. The van der Waals surface area contributed by atoms with E-state index in [-0.39, 0.29) is 11.7 Å². The van der Waals surface area contributed by atoms with Gasteiger partial charge in [0.25, 0.3) is 5.91 Å². The minimum Gasteiger partial charge on any atom is -0.382 e. The van der Waals surface area contributed by atoms with Gasteiger partial charge < -0.3 is 10.6 Å². The molecule has 0 radical (unpaired) electrons.